The average Bonchev–Trinajstić information content (AvgIpc) is 3.18. The van der Waals surface area contributed by atoms with Crippen molar-refractivity contribution in [2.24, 2.45) is 0 Å². The fraction of sp³-hybridized carbons (Fsp3) is 0.800. The van der Waals surface area contributed by atoms with Crippen LogP contribution in [0.5, 0.6) is 0 Å². The Bertz CT molecular complexity index is 494. The van der Waals surface area contributed by atoms with Crippen LogP contribution in [0.2, 0.25) is 0 Å². The molecule has 3 heterocycles. The number of ether oxygens (including phenoxy) is 1. The van der Waals surface area contributed by atoms with Crippen molar-refractivity contribution >= 4 is 5.91 Å². The van der Waals surface area contributed by atoms with Gasteiger partial charge in [0.05, 0.1) is 5.92 Å². The van der Waals surface area contributed by atoms with Crippen LogP contribution in [0.25, 0.3) is 0 Å². The molecule has 0 radical (unpaired) electrons. The van der Waals surface area contributed by atoms with Crippen molar-refractivity contribution in [1.29, 1.82) is 0 Å². The van der Waals surface area contributed by atoms with Crippen LogP contribution in [0, 0.1) is 0 Å². The quantitative estimate of drug-likeness (QED) is 0.853. The van der Waals surface area contributed by atoms with Crippen LogP contribution in [0.15, 0.2) is 4.52 Å². The molecule has 6 heteroatoms. The van der Waals surface area contributed by atoms with Gasteiger partial charge in [0.1, 0.15) is 6.10 Å². The van der Waals surface area contributed by atoms with E-state index < -0.39 is 0 Å². The summed E-state index contributed by atoms with van der Waals surface area (Å²) in [6, 6.07) is 0. The van der Waals surface area contributed by atoms with Crippen molar-refractivity contribution in [3.8, 4) is 0 Å². The highest BCUT2D eigenvalue weighted by atomic mass is 16.5. The standard InChI is InChI=1S/C15H23N3O3/c1-10(2)13-16-14(21-17-13)11-5-3-7-18(9-11)15(19)12-6-4-8-20-12/h10-12H,3-9H2,1-2H3. The second-order valence-corrected chi connectivity index (χ2v) is 6.27. The predicted molar refractivity (Wildman–Crippen MR) is 75.9 cm³/mol. The van der Waals surface area contributed by atoms with Gasteiger partial charge in [-0.05, 0) is 25.7 Å². The molecule has 6 nitrogen and oxygen atoms in total. The lowest BCUT2D eigenvalue weighted by molar-refractivity contribution is -0.142. The van der Waals surface area contributed by atoms with Gasteiger partial charge in [-0.1, -0.05) is 19.0 Å². The molecular weight excluding hydrogens is 270 g/mol. The molecule has 0 saturated carbocycles. The summed E-state index contributed by atoms with van der Waals surface area (Å²) in [7, 11) is 0. The van der Waals surface area contributed by atoms with Crippen LogP contribution in [0.3, 0.4) is 0 Å². The van der Waals surface area contributed by atoms with Crippen LogP contribution >= 0.6 is 0 Å². The molecule has 2 fully saturated rings. The first-order chi connectivity index (χ1) is 10.1. The van der Waals surface area contributed by atoms with Crippen molar-refractivity contribution in [3.05, 3.63) is 11.7 Å². The summed E-state index contributed by atoms with van der Waals surface area (Å²) in [5.74, 6) is 1.96. The molecule has 1 aromatic heterocycles. The zero-order valence-electron chi connectivity index (χ0n) is 12.7. The summed E-state index contributed by atoms with van der Waals surface area (Å²) in [4.78, 5) is 18.8. The molecule has 2 aliphatic rings. The van der Waals surface area contributed by atoms with E-state index in [1.165, 1.54) is 0 Å². The summed E-state index contributed by atoms with van der Waals surface area (Å²) in [5.41, 5.74) is 0. The maximum atomic E-state index is 12.4. The van der Waals surface area contributed by atoms with E-state index in [4.69, 9.17) is 9.26 Å². The summed E-state index contributed by atoms with van der Waals surface area (Å²) in [6.45, 7) is 6.26. The van der Waals surface area contributed by atoms with E-state index in [2.05, 4.69) is 10.1 Å². The Kier molecular flexibility index (Phi) is 4.24. The zero-order chi connectivity index (χ0) is 14.8. The molecule has 2 unspecified atom stereocenters. The van der Waals surface area contributed by atoms with Gasteiger partial charge in [-0.2, -0.15) is 4.98 Å². The van der Waals surface area contributed by atoms with Gasteiger partial charge in [0.2, 0.25) is 5.89 Å². The van der Waals surface area contributed by atoms with Gasteiger partial charge in [-0.25, -0.2) is 0 Å². The third-order valence-corrected chi connectivity index (χ3v) is 4.26. The molecule has 0 N–H and O–H groups in total. The Morgan fingerprint density at radius 3 is 2.86 bits per heavy atom. The number of nitrogens with zero attached hydrogens (tertiary/aromatic N) is 3. The number of hydrogen-bond donors (Lipinski definition) is 0. The second-order valence-electron chi connectivity index (χ2n) is 6.27. The molecular formula is C15H23N3O3. The van der Waals surface area contributed by atoms with Crippen molar-refractivity contribution in [1.82, 2.24) is 15.0 Å². The largest absolute Gasteiger partial charge is 0.368 e. The van der Waals surface area contributed by atoms with Crippen molar-refractivity contribution < 1.29 is 14.1 Å². The topological polar surface area (TPSA) is 68.5 Å². The maximum Gasteiger partial charge on any atom is 0.251 e. The van der Waals surface area contributed by atoms with Gasteiger partial charge in [-0.3, -0.25) is 4.79 Å². The summed E-state index contributed by atoms with van der Waals surface area (Å²) >= 11 is 0. The highest BCUT2D eigenvalue weighted by Gasteiger charge is 2.33. The Balaban J connectivity index is 1.65. The Labute approximate surface area is 124 Å². The van der Waals surface area contributed by atoms with Gasteiger partial charge in [0.25, 0.3) is 5.91 Å². The van der Waals surface area contributed by atoms with Crippen molar-refractivity contribution in [3.63, 3.8) is 0 Å². The SMILES string of the molecule is CC(C)c1noc(C2CCCN(C(=O)C3CCCO3)C2)n1. The molecule has 2 aliphatic heterocycles. The number of piperidine rings is 1. The Morgan fingerprint density at radius 1 is 1.33 bits per heavy atom. The smallest absolute Gasteiger partial charge is 0.251 e. The Morgan fingerprint density at radius 2 is 2.19 bits per heavy atom. The summed E-state index contributed by atoms with van der Waals surface area (Å²) in [6.07, 6.45) is 3.56. The fourth-order valence-corrected chi connectivity index (χ4v) is 3.00. The first kappa shape index (κ1) is 14.5. The number of carbonyl (C=O) groups is 1. The second kappa shape index (κ2) is 6.13. The first-order valence-corrected chi connectivity index (χ1v) is 7.89. The number of hydrogen-bond acceptors (Lipinski definition) is 5. The molecule has 0 spiro atoms. The van der Waals surface area contributed by atoms with E-state index >= 15 is 0 Å². The molecule has 0 aliphatic carbocycles. The highest BCUT2D eigenvalue weighted by Crippen LogP contribution is 2.28. The minimum absolute atomic E-state index is 0.126. The molecule has 116 valence electrons. The molecule has 1 aromatic rings. The molecule has 0 aromatic carbocycles. The van der Waals surface area contributed by atoms with E-state index in [0.717, 1.165) is 38.1 Å². The maximum absolute atomic E-state index is 12.4. The van der Waals surface area contributed by atoms with Gasteiger partial charge in [-0.15, -0.1) is 0 Å². The van der Waals surface area contributed by atoms with E-state index in [1.807, 2.05) is 18.7 Å². The normalized spacial score (nSPS) is 26.5. The van der Waals surface area contributed by atoms with Crippen LogP contribution in [0.4, 0.5) is 0 Å². The van der Waals surface area contributed by atoms with Crippen molar-refractivity contribution in [2.45, 2.75) is 57.5 Å². The lowest BCUT2D eigenvalue weighted by Gasteiger charge is -2.32. The highest BCUT2D eigenvalue weighted by molar-refractivity contribution is 5.81. The number of aromatic nitrogens is 2. The zero-order valence-corrected chi connectivity index (χ0v) is 12.7. The molecule has 1 amide bonds. The van der Waals surface area contributed by atoms with Gasteiger partial charge >= 0.3 is 0 Å². The van der Waals surface area contributed by atoms with Gasteiger partial charge in [0, 0.05) is 25.6 Å². The third-order valence-electron chi connectivity index (χ3n) is 4.26. The van der Waals surface area contributed by atoms with Gasteiger partial charge in [0.15, 0.2) is 5.82 Å². The lowest BCUT2D eigenvalue weighted by atomic mass is 9.97. The van der Waals surface area contributed by atoms with E-state index in [0.29, 0.717) is 19.0 Å². The van der Waals surface area contributed by atoms with Gasteiger partial charge < -0.3 is 14.2 Å². The van der Waals surface area contributed by atoms with E-state index in [9.17, 15) is 4.79 Å². The number of carbonyl (C=O) groups excluding carboxylic acids is 1. The van der Waals surface area contributed by atoms with E-state index in [1.54, 1.807) is 0 Å². The minimum Gasteiger partial charge on any atom is -0.368 e. The summed E-state index contributed by atoms with van der Waals surface area (Å²) < 4.78 is 10.9. The van der Waals surface area contributed by atoms with Crippen LogP contribution in [-0.2, 0) is 9.53 Å². The minimum atomic E-state index is -0.238. The van der Waals surface area contributed by atoms with Crippen LogP contribution in [0.1, 0.15) is 63.1 Å². The monoisotopic (exact) mass is 293 g/mol. The van der Waals surface area contributed by atoms with Crippen LogP contribution in [-0.4, -0.2) is 46.7 Å². The number of amides is 1. The first-order valence-electron chi connectivity index (χ1n) is 7.89. The number of rotatable bonds is 3. The summed E-state index contributed by atoms with van der Waals surface area (Å²) in [5, 5.41) is 4.02. The molecule has 2 atom stereocenters. The molecule has 0 bridgehead atoms. The van der Waals surface area contributed by atoms with E-state index in [-0.39, 0.29) is 23.8 Å². The average molecular weight is 293 g/mol. The molecule has 3 rings (SSSR count). The van der Waals surface area contributed by atoms with Crippen LogP contribution < -0.4 is 0 Å². The Hall–Kier alpha value is -1.43. The predicted octanol–water partition coefficient (Wildman–Crippen LogP) is 2.08. The molecule has 2 saturated heterocycles. The lowest BCUT2D eigenvalue weighted by Crippen LogP contribution is -2.44. The number of likely N-dealkylation sites (tertiary alicyclic amines) is 1. The molecule has 21 heavy (non-hydrogen) atoms. The van der Waals surface area contributed by atoms with Crippen molar-refractivity contribution in [2.75, 3.05) is 19.7 Å². The third kappa shape index (κ3) is 3.10. The fourth-order valence-electron chi connectivity index (χ4n) is 3.00.